The third-order valence-electron chi connectivity index (χ3n) is 5.14. The number of methoxy groups -OCH3 is 1. The molecule has 28 heavy (non-hydrogen) atoms. The van der Waals surface area contributed by atoms with Gasteiger partial charge in [0.25, 0.3) is 0 Å². The van der Waals surface area contributed by atoms with E-state index in [1.54, 1.807) is 19.2 Å². The lowest BCUT2D eigenvalue weighted by Gasteiger charge is -2.36. The highest BCUT2D eigenvalue weighted by Crippen LogP contribution is 2.26. The molecule has 6 nitrogen and oxygen atoms in total. The Morgan fingerprint density at radius 2 is 1.79 bits per heavy atom. The number of rotatable bonds is 6. The first-order valence-electron chi connectivity index (χ1n) is 9.36. The quantitative estimate of drug-likeness (QED) is 0.747. The molecule has 0 amide bonds. The smallest absolute Gasteiger partial charge is 0.243 e. The van der Waals surface area contributed by atoms with Gasteiger partial charge in [-0.05, 0) is 41.8 Å². The van der Waals surface area contributed by atoms with Crippen molar-refractivity contribution in [2.24, 2.45) is 0 Å². The summed E-state index contributed by atoms with van der Waals surface area (Å²) < 4.78 is 32.6. The molecule has 0 aliphatic carbocycles. The van der Waals surface area contributed by atoms with Crippen LogP contribution in [0.2, 0.25) is 0 Å². The van der Waals surface area contributed by atoms with Gasteiger partial charge in [0.15, 0.2) is 0 Å². The normalized spacial score (nSPS) is 17.0. The van der Waals surface area contributed by atoms with E-state index in [0.717, 1.165) is 17.5 Å². The number of nitrogens with zero attached hydrogens (tertiary/aromatic N) is 3. The maximum Gasteiger partial charge on any atom is 0.243 e. The van der Waals surface area contributed by atoms with E-state index in [2.05, 4.69) is 6.07 Å². The summed E-state index contributed by atoms with van der Waals surface area (Å²) >= 11 is 0. The van der Waals surface area contributed by atoms with E-state index in [-0.39, 0.29) is 0 Å². The second-order valence-electron chi connectivity index (χ2n) is 6.75. The van der Waals surface area contributed by atoms with E-state index in [4.69, 9.17) is 4.74 Å². The first-order valence-corrected chi connectivity index (χ1v) is 10.8. The molecule has 1 heterocycles. The predicted molar refractivity (Wildman–Crippen MR) is 107 cm³/mol. The van der Waals surface area contributed by atoms with Gasteiger partial charge in [0, 0.05) is 26.2 Å². The zero-order chi connectivity index (χ0) is 20.1. The molecule has 2 aromatic rings. The number of hydrogen-bond donors (Lipinski definition) is 0. The summed E-state index contributed by atoms with van der Waals surface area (Å²) in [4.78, 5) is 2.34. The van der Waals surface area contributed by atoms with Crippen LogP contribution < -0.4 is 4.74 Å². The molecule has 1 unspecified atom stereocenters. The first-order chi connectivity index (χ1) is 13.5. The highest BCUT2D eigenvalue weighted by atomic mass is 32.2. The Morgan fingerprint density at radius 1 is 1.11 bits per heavy atom. The molecule has 7 heteroatoms. The minimum absolute atomic E-state index is 0.322. The highest BCUT2D eigenvalue weighted by molar-refractivity contribution is 7.89. The Bertz CT molecular complexity index is 944. The third-order valence-corrected chi connectivity index (χ3v) is 7.05. The monoisotopic (exact) mass is 399 g/mol. The zero-order valence-electron chi connectivity index (χ0n) is 16.2. The van der Waals surface area contributed by atoms with E-state index in [0.29, 0.717) is 36.8 Å². The van der Waals surface area contributed by atoms with E-state index in [1.807, 2.05) is 48.2 Å². The highest BCUT2D eigenvalue weighted by Gasteiger charge is 2.31. The Morgan fingerprint density at radius 3 is 2.36 bits per heavy atom. The number of nitriles is 1. The Labute approximate surface area is 167 Å². The number of ether oxygens (including phenoxy) is 1. The van der Waals surface area contributed by atoms with Crippen LogP contribution in [0.1, 0.15) is 24.1 Å². The second-order valence-corrected chi connectivity index (χ2v) is 8.68. The van der Waals surface area contributed by atoms with Gasteiger partial charge in [-0.2, -0.15) is 9.57 Å². The molecule has 0 saturated carbocycles. The van der Waals surface area contributed by atoms with Crippen molar-refractivity contribution >= 4 is 10.0 Å². The Kier molecular flexibility index (Phi) is 6.35. The van der Waals surface area contributed by atoms with E-state index < -0.39 is 16.1 Å². The minimum Gasteiger partial charge on any atom is -0.497 e. The molecule has 1 aliphatic rings. The fraction of sp³-hybridized carbons (Fsp3) is 0.381. The summed E-state index contributed by atoms with van der Waals surface area (Å²) in [6.07, 6.45) is 0.874. The van der Waals surface area contributed by atoms with Crippen LogP contribution in [0, 0.1) is 11.3 Å². The fourth-order valence-electron chi connectivity index (χ4n) is 3.43. The van der Waals surface area contributed by atoms with Gasteiger partial charge in [0.05, 0.1) is 18.1 Å². The molecule has 1 aliphatic heterocycles. The lowest BCUT2D eigenvalue weighted by atomic mass is 10.1. The molecule has 3 rings (SSSR count). The summed E-state index contributed by atoms with van der Waals surface area (Å²) in [5.74, 6) is 0.703. The molecular weight excluding hydrogens is 374 g/mol. The number of sulfonamides is 1. The van der Waals surface area contributed by atoms with Gasteiger partial charge in [-0.15, -0.1) is 0 Å². The Hall–Kier alpha value is -2.40. The summed E-state index contributed by atoms with van der Waals surface area (Å²) in [5.41, 5.74) is 1.97. The molecule has 2 aromatic carbocycles. The van der Waals surface area contributed by atoms with E-state index in [1.165, 1.54) is 4.31 Å². The molecule has 1 saturated heterocycles. The average molecular weight is 400 g/mol. The molecule has 1 atom stereocenters. The van der Waals surface area contributed by atoms with Gasteiger partial charge in [-0.1, -0.05) is 31.2 Å². The number of aryl methyl sites for hydroxylation is 1. The number of benzene rings is 2. The molecule has 0 bridgehead atoms. The van der Waals surface area contributed by atoms with Crippen LogP contribution in [0.15, 0.2) is 53.4 Å². The SMILES string of the molecule is CCc1ccc(S(=O)(=O)N2CCN(C(C#N)c3cccc(OC)c3)CC2)cc1. The number of piperazine rings is 1. The molecule has 0 spiro atoms. The standard InChI is InChI=1S/C21H25N3O3S/c1-3-17-7-9-20(10-8-17)28(25,26)24-13-11-23(12-14-24)21(16-22)18-5-4-6-19(15-18)27-2/h4-10,15,21H,3,11-14H2,1-2H3. The molecule has 1 fully saturated rings. The maximum absolute atomic E-state index is 12.9. The van der Waals surface area contributed by atoms with Crippen molar-refractivity contribution in [3.63, 3.8) is 0 Å². The lowest BCUT2D eigenvalue weighted by molar-refractivity contribution is 0.162. The fourth-order valence-corrected chi connectivity index (χ4v) is 4.85. The first kappa shape index (κ1) is 20.3. The summed E-state index contributed by atoms with van der Waals surface area (Å²) in [6, 6.07) is 16.4. The van der Waals surface area contributed by atoms with Gasteiger partial charge in [0.1, 0.15) is 11.8 Å². The maximum atomic E-state index is 12.9. The zero-order valence-corrected chi connectivity index (χ0v) is 17.0. The van der Waals surface area contributed by atoms with E-state index in [9.17, 15) is 13.7 Å². The van der Waals surface area contributed by atoms with Crippen molar-refractivity contribution in [3.05, 3.63) is 59.7 Å². The van der Waals surface area contributed by atoms with Gasteiger partial charge in [-0.3, -0.25) is 4.90 Å². The van der Waals surface area contributed by atoms with E-state index >= 15 is 0 Å². The second kappa shape index (κ2) is 8.74. The molecule has 0 N–H and O–H groups in total. The predicted octanol–water partition coefficient (Wildman–Crippen LogP) is 2.83. The summed E-state index contributed by atoms with van der Waals surface area (Å²) in [5, 5.41) is 9.68. The summed E-state index contributed by atoms with van der Waals surface area (Å²) in [7, 11) is -1.92. The van der Waals surface area contributed by atoms with Crippen molar-refractivity contribution in [2.75, 3.05) is 33.3 Å². The van der Waals surface area contributed by atoms with Crippen LogP contribution >= 0.6 is 0 Å². The van der Waals surface area contributed by atoms with Crippen LogP contribution in [-0.2, 0) is 16.4 Å². The lowest BCUT2D eigenvalue weighted by Crippen LogP contribution is -2.49. The Balaban J connectivity index is 1.71. The molecule has 0 aromatic heterocycles. The van der Waals surface area contributed by atoms with Crippen molar-refractivity contribution in [1.82, 2.24) is 9.21 Å². The topological polar surface area (TPSA) is 73.6 Å². The summed E-state index contributed by atoms with van der Waals surface area (Å²) in [6.45, 7) is 3.76. The van der Waals surface area contributed by atoms with Gasteiger partial charge >= 0.3 is 0 Å². The van der Waals surface area contributed by atoms with Crippen LogP contribution in [0.25, 0.3) is 0 Å². The van der Waals surface area contributed by atoms with Crippen LogP contribution in [-0.4, -0.2) is 50.9 Å². The van der Waals surface area contributed by atoms with Crippen LogP contribution in [0.5, 0.6) is 5.75 Å². The van der Waals surface area contributed by atoms with Crippen molar-refractivity contribution in [3.8, 4) is 11.8 Å². The van der Waals surface area contributed by atoms with Crippen molar-refractivity contribution < 1.29 is 13.2 Å². The van der Waals surface area contributed by atoms with Crippen LogP contribution in [0.4, 0.5) is 0 Å². The minimum atomic E-state index is -3.51. The van der Waals surface area contributed by atoms with Gasteiger partial charge in [0.2, 0.25) is 10.0 Å². The van der Waals surface area contributed by atoms with Crippen molar-refractivity contribution in [2.45, 2.75) is 24.3 Å². The third kappa shape index (κ3) is 4.20. The number of hydrogen-bond acceptors (Lipinski definition) is 5. The largest absolute Gasteiger partial charge is 0.497 e. The molecular formula is C21H25N3O3S. The average Bonchev–Trinajstić information content (AvgIpc) is 2.75. The van der Waals surface area contributed by atoms with Crippen LogP contribution in [0.3, 0.4) is 0 Å². The van der Waals surface area contributed by atoms with Gasteiger partial charge < -0.3 is 4.74 Å². The molecule has 148 valence electrons. The van der Waals surface area contributed by atoms with Crippen molar-refractivity contribution in [1.29, 1.82) is 5.26 Å². The molecule has 0 radical (unpaired) electrons. The van der Waals surface area contributed by atoms with Gasteiger partial charge in [-0.25, -0.2) is 8.42 Å².